The molecule has 2 heterocycles. The fourth-order valence-corrected chi connectivity index (χ4v) is 4.29. The predicted octanol–water partition coefficient (Wildman–Crippen LogP) is 3.89. The normalized spacial score (nSPS) is 16.3. The molecule has 0 saturated heterocycles. The van der Waals surface area contributed by atoms with Gasteiger partial charge in [-0.15, -0.1) is 11.3 Å². The van der Waals surface area contributed by atoms with Crippen molar-refractivity contribution in [3.63, 3.8) is 0 Å². The van der Waals surface area contributed by atoms with Crippen LogP contribution in [0.1, 0.15) is 66.6 Å². The first-order valence-corrected chi connectivity index (χ1v) is 9.61. The van der Waals surface area contributed by atoms with Crippen molar-refractivity contribution in [2.24, 2.45) is 0 Å². The first-order valence-electron chi connectivity index (χ1n) is 8.79. The molecule has 0 aromatic carbocycles. The molecule has 0 radical (unpaired) electrons. The van der Waals surface area contributed by atoms with E-state index in [1.807, 2.05) is 17.5 Å². The fourth-order valence-electron chi connectivity index (χ4n) is 3.04. The third-order valence-corrected chi connectivity index (χ3v) is 5.84. The molecule has 0 unspecified atom stereocenters. The van der Waals surface area contributed by atoms with Crippen LogP contribution in [0, 0.1) is 6.92 Å². The molecule has 0 bridgehead atoms. The second-order valence-electron chi connectivity index (χ2n) is 6.39. The summed E-state index contributed by atoms with van der Waals surface area (Å²) in [6.07, 6.45) is 13.5. The quantitative estimate of drug-likeness (QED) is 0.805. The summed E-state index contributed by atoms with van der Waals surface area (Å²) in [6.45, 7) is 6.50. The number of thiazole rings is 1. The molecule has 3 rings (SSSR count). The number of rotatable bonds is 6. The lowest BCUT2D eigenvalue weighted by molar-refractivity contribution is 0.904. The van der Waals surface area contributed by atoms with E-state index in [2.05, 4.69) is 44.0 Å². The van der Waals surface area contributed by atoms with E-state index in [4.69, 9.17) is 4.98 Å². The molecule has 122 valence electrons. The van der Waals surface area contributed by atoms with E-state index in [9.17, 15) is 0 Å². The molecule has 2 nitrogen and oxygen atoms in total. The van der Waals surface area contributed by atoms with Gasteiger partial charge in [0.25, 0.3) is 0 Å². The number of hydrogen-bond donors (Lipinski definition) is 0. The van der Waals surface area contributed by atoms with Gasteiger partial charge in [0, 0.05) is 17.0 Å². The van der Waals surface area contributed by atoms with Crippen LogP contribution in [0.25, 0.3) is 12.2 Å². The Kier molecular flexibility index (Phi) is 5.27. The second kappa shape index (κ2) is 7.39. The zero-order chi connectivity index (χ0) is 16.2. The van der Waals surface area contributed by atoms with Gasteiger partial charge >= 0.3 is 0 Å². The Morgan fingerprint density at radius 3 is 2.83 bits per heavy atom. The highest BCUT2D eigenvalue weighted by atomic mass is 32.1. The van der Waals surface area contributed by atoms with Crippen LogP contribution >= 0.6 is 11.3 Å². The minimum absolute atomic E-state index is 0.769. The Labute approximate surface area is 143 Å². The molecule has 3 heteroatoms. The van der Waals surface area contributed by atoms with E-state index in [1.54, 1.807) is 0 Å². The summed E-state index contributed by atoms with van der Waals surface area (Å²) in [6, 6.07) is 2.16. The van der Waals surface area contributed by atoms with Gasteiger partial charge in [0.1, 0.15) is 0 Å². The Hall–Kier alpha value is -1.48. The van der Waals surface area contributed by atoms with Gasteiger partial charge in [0.15, 0.2) is 0 Å². The molecule has 0 aliphatic heterocycles. The highest BCUT2D eigenvalue weighted by Gasteiger charge is 2.27. The van der Waals surface area contributed by atoms with Crippen LogP contribution in [0.3, 0.4) is 0 Å². The summed E-state index contributed by atoms with van der Waals surface area (Å²) in [4.78, 5) is 10.8. The molecule has 2 aromatic rings. The average molecular weight is 327 g/mol. The Morgan fingerprint density at radius 1 is 1.30 bits per heavy atom. The molecular formula is C20H26N2S. The van der Waals surface area contributed by atoms with Crippen molar-refractivity contribution >= 4 is 23.5 Å². The van der Waals surface area contributed by atoms with E-state index < -0.39 is 0 Å². The second-order valence-corrected chi connectivity index (χ2v) is 7.50. The zero-order valence-corrected chi connectivity index (χ0v) is 15.2. The Bertz CT molecular complexity index is 784. The first kappa shape index (κ1) is 16.4. The lowest BCUT2D eigenvalue weighted by atomic mass is 10.1. The number of nitrogens with zero attached hydrogens (tertiary/aromatic N) is 2. The van der Waals surface area contributed by atoms with Crippen molar-refractivity contribution in [2.45, 2.75) is 65.2 Å². The molecule has 1 aliphatic rings. The molecule has 23 heavy (non-hydrogen) atoms. The lowest BCUT2D eigenvalue weighted by Gasteiger charge is -2.01. The number of hydrogen-bond acceptors (Lipinski definition) is 3. The molecule has 0 spiro atoms. The van der Waals surface area contributed by atoms with Crippen molar-refractivity contribution in [3.8, 4) is 0 Å². The van der Waals surface area contributed by atoms with Gasteiger partial charge in [-0.2, -0.15) is 0 Å². The average Bonchev–Trinajstić information content (AvgIpc) is 3.33. The van der Waals surface area contributed by atoms with Crippen molar-refractivity contribution in [3.05, 3.63) is 44.0 Å². The van der Waals surface area contributed by atoms with Gasteiger partial charge in [-0.1, -0.05) is 25.5 Å². The van der Waals surface area contributed by atoms with Crippen LogP contribution < -0.4 is 10.6 Å². The summed E-state index contributed by atoms with van der Waals surface area (Å²) in [5.74, 6) is 0.769. The standard InChI is InChI=1S/C20H26N2S/c1-4-7-15-12-13-21-18(17(15)5-2)8-6-9-19-14(3)22-20(23-19)16-10-11-16/h5,8,12-13,16H,4,6-7,9-11H2,1-3H3. The van der Waals surface area contributed by atoms with Crippen molar-refractivity contribution < 1.29 is 0 Å². The molecular weight excluding hydrogens is 300 g/mol. The predicted molar refractivity (Wildman–Crippen MR) is 99.2 cm³/mol. The van der Waals surface area contributed by atoms with E-state index in [0.717, 1.165) is 30.5 Å². The van der Waals surface area contributed by atoms with Gasteiger partial charge < -0.3 is 0 Å². The van der Waals surface area contributed by atoms with Gasteiger partial charge in [-0.05, 0) is 62.8 Å². The van der Waals surface area contributed by atoms with Gasteiger partial charge in [-0.25, -0.2) is 4.98 Å². The maximum atomic E-state index is 4.75. The smallest absolute Gasteiger partial charge is 0.0961 e. The van der Waals surface area contributed by atoms with Gasteiger partial charge in [-0.3, -0.25) is 4.98 Å². The van der Waals surface area contributed by atoms with Gasteiger partial charge in [0.2, 0.25) is 0 Å². The fraction of sp³-hybridized carbons (Fsp3) is 0.500. The SMILES string of the molecule is CC=c1c(CCC)ccnc1=CCCc1sc(C2CC2)nc1C. The largest absolute Gasteiger partial charge is 0.257 e. The molecule has 0 amide bonds. The zero-order valence-electron chi connectivity index (χ0n) is 14.4. The van der Waals surface area contributed by atoms with E-state index in [1.165, 1.54) is 45.6 Å². The van der Waals surface area contributed by atoms with Crippen molar-refractivity contribution in [1.82, 2.24) is 9.97 Å². The van der Waals surface area contributed by atoms with Crippen LogP contribution in [0.15, 0.2) is 12.3 Å². The van der Waals surface area contributed by atoms with Crippen molar-refractivity contribution in [2.75, 3.05) is 0 Å². The highest BCUT2D eigenvalue weighted by Crippen LogP contribution is 2.42. The summed E-state index contributed by atoms with van der Waals surface area (Å²) >= 11 is 1.93. The third-order valence-electron chi connectivity index (χ3n) is 4.46. The third kappa shape index (κ3) is 3.89. The lowest BCUT2D eigenvalue weighted by Crippen LogP contribution is -2.31. The van der Waals surface area contributed by atoms with Crippen LogP contribution in [0.2, 0.25) is 0 Å². The molecule has 1 aliphatic carbocycles. The van der Waals surface area contributed by atoms with Crippen LogP contribution in [-0.4, -0.2) is 9.97 Å². The summed E-state index contributed by atoms with van der Waals surface area (Å²) < 4.78 is 0. The Balaban J connectivity index is 1.76. The maximum absolute atomic E-state index is 4.75. The van der Waals surface area contributed by atoms with E-state index in [0.29, 0.717) is 0 Å². The van der Waals surface area contributed by atoms with Crippen LogP contribution in [-0.2, 0) is 12.8 Å². The van der Waals surface area contributed by atoms with Crippen LogP contribution in [0.4, 0.5) is 0 Å². The minimum Gasteiger partial charge on any atom is -0.257 e. The van der Waals surface area contributed by atoms with E-state index in [-0.39, 0.29) is 0 Å². The maximum Gasteiger partial charge on any atom is 0.0961 e. The first-order chi connectivity index (χ1) is 11.2. The number of aryl methyl sites for hydroxylation is 3. The number of pyridine rings is 1. The summed E-state index contributed by atoms with van der Waals surface area (Å²) in [7, 11) is 0. The number of aromatic nitrogens is 2. The molecule has 1 saturated carbocycles. The summed E-state index contributed by atoms with van der Waals surface area (Å²) in [5, 5.41) is 3.82. The van der Waals surface area contributed by atoms with Crippen LogP contribution in [0.5, 0.6) is 0 Å². The van der Waals surface area contributed by atoms with Crippen molar-refractivity contribution in [1.29, 1.82) is 0 Å². The Morgan fingerprint density at radius 2 is 2.13 bits per heavy atom. The minimum atomic E-state index is 0.769. The van der Waals surface area contributed by atoms with E-state index >= 15 is 0 Å². The summed E-state index contributed by atoms with van der Waals surface area (Å²) in [5.41, 5.74) is 2.65. The van der Waals surface area contributed by atoms with Gasteiger partial charge in [0.05, 0.1) is 16.1 Å². The topological polar surface area (TPSA) is 25.8 Å². The molecule has 0 atom stereocenters. The highest BCUT2D eigenvalue weighted by molar-refractivity contribution is 7.11. The molecule has 1 fully saturated rings. The monoisotopic (exact) mass is 326 g/mol. The molecule has 0 N–H and O–H groups in total. The molecule has 2 aromatic heterocycles.